The van der Waals surface area contributed by atoms with Gasteiger partial charge in [-0.05, 0) is 18.8 Å². The molecule has 80 valence electrons. The lowest BCUT2D eigenvalue weighted by atomic mass is 9.90. The highest BCUT2D eigenvalue weighted by Crippen LogP contribution is 2.23. The molecular weight excluding hydrogens is 180 g/mol. The average molecular weight is 198 g/mol. The predicted octanol–water partition coefficient (Wildman–Crippen LogP) is 0.566. The Morgan fingerprint density at radius 2 is 2.07 bits per heavy atom. The van der Waals surface area contributed by atoms with Crippen LogP contribution in [0.3, 0.4) is 0 Å². The van der Waals surface area contributed by atoms with Gasteiger partial charge in [-0.1, -0.05) is 6.92 Å². The van der Waals surface area contributed by atoms with E-state index >= 15 is 0 Å². The van der Waals surface area contributed by atoms with Crippen LogP contribution in [0.1, 0.15) is 19.8 Å². The largest absolute Gasteiger partial charge is 0.342 e. The van der Waals surface area contributed by atoms with Crippen molar-refractivity contribution in [1.82, 2.24) is 9.96 Å². The van der Waals surface area contributed by atoms with Crippen molar-refractivity contribution < 1.29 is 10.0 Å². The first-order valence-corrected chi connectivity index (χ1v) is 5.39. The maximum absolute atomic E-state index is 11.9. The van der Waals surface area contributed by atoms with Crippen molar-refractivity contribution in [2.24, 2.45) is 11.8 Å². The lowest BCUT2D eigenvalue weighted by Crippen LogP contribution is -2.50. The molecule has 2 aliphatic rings. The normalized spacial score (nSPS) is 34.0. The number of piperidine rings is 1. The summed E-state index contributed by atoms with van der Waals surface area (Å²) >= 11 is 0. The van der Waals surface area contributed by atoms with E-state index in [0.717, 1.165) is 25.9 Å². The van der Waals surface area contributed by atoms with Gasteiger partial charge in [0.25, 0.3) is 0 Å². The fraction of sp³-hybridized carbons (Fsp3) is 0.900. The number of nitrogens with zero attached hydrogens (tertiary/aromatic N) is 2. The highest BCUT2D eigenvalue weighted by molar-refractivity contribution is 5.79. The molecule has 0 spiro atoms. The van der Waals surface area contributed by atoms with Gasteiger partial charge in [-0.15, -0.1) is 0 Å². The number of likely N-dealkylation sites (tertiary alicyclic amines) is 1. The highest BCUT2D eigenvalue weighted by atomic mass is 16.5. The molecule has 2 atom stereocenters. The van der Waals surface area contributed by atoms with Crippen molar-refractivity contribution in [3.8, 4) is 0 Å². The van der Waals surface area contributed by atoms with Gasteiger partial charge in [0.2, 0.25) is 5.91 Å². The zero-order valence-electron chi connectivity index (χ0n) is 8.65. The Bertz CT molecular complexity index is 218. The van der Waals surface area contributed by atoms with Crippen molar-refractivity contribution in [3.63, 3.8) is 0 Å². The summed E-state index contributed by atoms with van der Waals surface area (Å²) in [7, 11) is 0. The molecule has 2 saturated heterocycles. The Labute approximate surface area is 84.4 Å². The molecule has 2 fully saturated rings. The van der Waals surface area contributed by atoms with Crippen LogP contribution in [0.15, 0.2) is 0 Å². The van der Waals surface area contributed by atoms with Gasteiger partial charge in [0.05, 0.1) is 5.92 Å². The molecule has 0 aromatic carbocycles. The predicted molar refractivity (Wildman–Crippen MR) is 51.8 cm³/mol. The Balaban J connectivity index is 1.92. The lowest BCUT2D eigenvalue weighted by molar-refractivity contribution is -0.159. The van der Waals surface area contributed by atoms with Crippen LogP contribution < -0.4 is 0 Å². The zero-order valence-corrected chi connectivity index (χ0v) is 8.65. The number of hydrogen-bond donors (Lipinski definition) is 1. The van der Waals surface area contributed by atoms with Crippen LogP contribution in [-0.2, 0) is 4.79 Å². The maximum Gasteiger partial charge on any atom is 0.227 e. The lowest BCUT2D eigenvalue weighted by Gasteiger charge is -2.38. The Kier molecular flexibility index (Phi) is 2.74. The van der Waals surface area contributed by atoms with E-state index in [-0.39, 0.29) is 11.8 Å². The van der Waals surface area contributed by atoms with E-state index in [9.17, 15) is 10.0 Å². The Morgan fingerprint density at radius 3 is 2.57 bits per heavy atom. The molecule has 0 bridgehead atoms. The molecule has 4 nitrogen and oxygen atoms in total. The van der Waals surface area contributed by atoms with Gasteiger partial charge in [0.1, 0.15) is 0 Å². The molecule has 0 aromatic rings. The van der Waals surface area contributed by atoms with Crippen molar-refractivity contribution in [1.29, 1.82) is 0 Å². The summed E-state index contributed by atoms with van der Waals surface area (Å²) in [6.45, 7) is 5.12. The topological polar surface area (TPSA) is 43.8 Å². The second-order valence-corrected chi connectivity index (χ2v) is 4.59. The van der Waals surface area contributed by atoms with E-state index in [0.29, 0.717) is 19.0 Å². The van der Waals surface area contributed by atoms with Crippen molar-refractivity contribution in [2.45, 2.75) is 19.8 Å². The summed E-state index contributed by atoms with van der Waals surface area (Å²) in [5, 5.41) is 10.7. The van der Waals surface area contributed by atoms with E-state index in [1.165, 1.54) is 5.06 Å². The van der Waals surface area contributed by atoms with Crippen LogP contribution in [0.25, 0.3) is 0 Å². The number of carbonyl (C=O) groups is 1. The number of carbonyl (C=O) groups excluding carboxylic acids is 1. The van der Waals surface area contributed by atoms with Crippen molar-refractivity contribution in [2.75, 3.05) is 26.2 Å². The first-order chi connectivity index (χ1) is 6.66. The minimum absolute atomic E-state index is 0.0176. The third-order valence-corrected chi connectivity index (χ3v) is 3.16. The quantitative estimate of drug-likeness (QED) is 0.669. The van der Waals surface area contributed by atoms with Crippen LogP contribution in [0, 0.1) is 11.8 Å². The molecule has 4 heteroatoms. The van der Waals surface area contributed by atoms with Crippen molar-refractivity contribution in [3.05, 3.63) is 0 Å². The highest BCUT2D eigenvalue weighted by Gasteiger charge is 2.33. The monoisotopic (exact) mass is 198 g/mol. The van der Waals surface area contributed by atoms with Gasteiger partial charge >= 0.3 is 0 Å². The molecule has 0 aliphatic carbocycles. The van der Waals surface area contributed by atoms with E-state index in [1.54, 1.807) is 0 Å². The molecule has 2 rings (SSSR count). The third kappa shape index (κ3) is 1.91. The van der Waals surface area contributed by atoms with Gasteiger partial charge in [-0.3, -0.25) is 4.79 Å². The second kappa shape index (κ2) is 3.87. The summed E-state index contributed by atoms with van der Waals surface area (Å²) in [6, 6.07) is 0. The van der Waals surface area contributed by atoms with Gasteiger partial charge in [0, 0.05) is 26.2 Å². The standard InChI is InChI=1S/C10H18N2O2/c1-8-5-9(7-12(14)6-8)10(13)11-3-2-4-11/h8-9,14H,2-7H2,1H3/t8?,9-/m0/s1. The average Bonchev–Trinajstić information content (AvgIpc) is 1.98. The fourth-order valence-corrected chi connectivity index (χ4v) is 2.30. The van der Waals surface area contributed by atoms with E-state index in [2.05, 4.69) is 6.92 Å². The molecule has 1 N–H and O–H groups in total. The number of amides is 1. The van der Waals surface area contributed by atoms with Crippen LogP contribution in [0.5, 0.6) is 0 Å². The zero-order chi connectivity index (χ0) is 10.1. The molecule has 1 amide bonds. The molecule has 0 saturated carbocycles. The minimum Gasteiger partial charge on any atom is -0.342 e. The smallest absolute Gasteiger partial charge is 0.227 e. The van der Waals surface area contributed by atoms with E-state index in [4.69, 9.17) is 0 Å². The SMILES string of the molecule is CC1C[C@H](C(=O)N2CCC2)CN(O)C1. The van der Waals surface area contributed by atoms with Crippen LogP contribution in [0.2, 0.25) is 0 Å². The van der Waals surface area contributed by atoms with Gasteiger partial charge in [-0.25, -0.2) is 0 Å². The van der Waals surface area contributed by atoms with E-state index < -0.39 is 0 Å². The number of hydroxylamine groups is 2. The Hall–Kier alpha value is -0.610. The van der Waals surface area contributed by atoms with E-state index in [1.807, 2.05) is 4.90 Å². The summed E-state index contributed by atoms with van der Waals surface area (Å²) in [5.74, 6) is 0.676. The summed E-state index contributed by atoms with van der Waals surface area (Å²) in [5.41, 5.74) is 0. The molecule has 2 aliphatic heterocycles. The summed E-state index contributed by atoms with van der Waals surface area (Å²) < 4.78 is 0. The first kappa shape index (κ1) is 9.93. The molecular formula is C10H18N2O2. The van der Waals surface area contributed by atoms with Crippen LogP contribution >= 0.6 is 0 Å². The summed E-state index contributed by atoms with van der Waals surface area (Å²) in [4.78, 5) is 13.8. The van der Waals surface area contributed by atoms with Gasteiger partial charge in [0.15, 0.2) is 0 Å². The second-order valence-electron chi connectivity index (χ2n) is 4.59. The number of hydrogen-bond acceptors (Lipinski definition) is 3. The minimum atomic E-state index is 0.0176. The molecule has 14 heavy (non-hydrogen) atoms. The van der Waals surface area contributed by atoms with Crippen molar-refractivity contribution >= 4 is 5.91 Å². The van der Waals surface area contributed by atoms with Crippen LogP contribution in [-0.4, -0.2) is 47.3 Å². The Morgan fingerprint density at radius 1 is 1.36 bits per heavy atom. The maximum atomic E-state index is 11.9. The molecule has 2 heterocycles. The first-order valence-electron chi connectivity index (χ1n) is 5.39. The fourth-order valence-electron chi connectivity index (χ4n) is 2.30. The molecule has 0 aromatic heterocycles. The third-order valence-electron chi connectivity index (χ3n) is 3.16. The number of rotatable bonds is 1. The van der Waals surface area contributed by atoms with Gasteiger partial charge in [-0.2, -0.15) is 5.06 Å². The molecule has 0 radical (unpaired) electrons. The molecule has 1 unspecified atom stereocenters. The van der Waals surface area contributed by atoms with Crippen LogP contribution in [0.4, 0.5) is 0 Å². The summed E-state index contributed by atoms with van der Waals surface area (Å²) in [6.07, 6.45) is 2.06. The van der Waals surface area contributed by atoms with Gasteiger partial charge < -0.3 is 10.1 Å².